The number of aromatic nitrogens is 1. The summed E-state index contributed by atoms with van der Waals surface area (Å²) in [6, 6.07) is 7.93. The number of carbonyl (C=O) groups excluding carboxylic acids is 2. The van der Waals surface area contributed by atoms with E-state index in [2.05, 4.69) is 15.2 Å². The number of urea groups is 1. The van der Waals surface area contributed by atoms with Gasteiger partial charge in [0.15, 0.2) is 0 Å². The maximum Gasteiger partial charge on any atom is 0.319 e. The molecule has 6 rings (SSSR count). The van der Waals surface area contributed by atoms with E-state index in [1.807, 2.05) is 30.5 Å². The average Bonchev–Trinajstić information content (AvgIpc) is 3.13. The van der Waals surface area contributed by atoms with Crippen molar-refractivity contribution in [1.29, 1.82) is 0 Å². The smallest absolute Gasteiger partial charge is 0.319 e. The van der Waals surface area contributed by atoms with E-state index in [0.717, 1.165) is 53.9 Å². The van der Waals surface area contributed by atoms with E-state index < -0.39 is 0 Å². The van der Waals surface area contributed by atoms with Crippen molar-refractivity contribution in [2.75, 3.05) is 19.0 Å². The van der Waals surface area contributed by atoms with Crippen LogP contribution in [0.15, 0.2) is 30.5 Å². The van der Waals surface area contributed by atoms with Crippen LogP contribution in [0.2, 0.25) is 0 Å². The summed E-state index contributed by atoms with van der Waals surface area (Å²) in [4.78, 5) is 23.9. The highest BCUT2D eigenvalue weighted by atomic mass is 16.5. The van der Waals surface area contributed by atoms with Crippen molar-refractivity contribution in [2.24, 2.45) is 23.2 Å². The number of rotatable bonds is 7. The van der Waals surface area contributed by atoms with E-state index in [1.54, 1.807) is 0 Å². The van der Waals surface area contributed by atoms with Gasteiger partial charge in [-0.1, -0.05) is 0 Å². The Balaban J connectivity index is 1.16. The number of benzene rings is 1. The molecule has 0 saturated heterocycles. The Morgan fingerprint density at radius 2 is 1.81 bits per heavy atom. The van der Waals surface area contributed by atoms with E-state index in [9.17, 15) is 9.59 Å². The molecule has 6 nitrogen and oxygen atoms in total. The van der Waals surface area contributed by atoms with Crippen LogP contribution in [-0.2, 0) is 16.1 Å². The van der Waals surface area contributed by atoms with E-state index in [1.165, 1.54) is 45.6 Å². The number of nitrogens with one attached hydrogen (secondary N) is 2. The molecule has 1 aromatic heterocycles. The average molecular weight is 424 g/mol. The van der Waals surface area contributed by atoms with E-state index in [0.29, 0.717) is 11.8 Å². The molecule has 4 aliphatic carbocycles. The van der Waals surface area contributed by atoms with Gasteiger partial charge in [-0.25, -0.2) is 4.79 Å². The quantitative estimate of drug-likeness (QED) is 0.620. The molecule has 2 aromatic rings. The fourth-order valence-electron chi connectivity index (χ4n) is 6.92. The van der Waals surface area contributed by atoms with Crippen LogP contribution < -0.4 is 10.6 Å². The van der Waals surface area contributed by atoms with E-state index in [4.69, 9.17) is 4.74 Å². The van der Waals surface area contributed by atoms with Crippen molar-refractivity contribution in [1.82, 2.24) is 9.88 Å². The Hall–Kier alpha value is -2.50. The minimum atomic E-state index is -0.178. The molecule has 1 heterocycles. The zero-order chi connectivity index (χ0) is 21.4. The molecular weight excluding hydrogens is 390 g/mol. The normalized spacial score (nSPS) is 28.6. The summed E-state index contributed by atoms with van der Waals surface area (Å²) in [6.45, 7) is 1.57. The number of aryl methyl sites for hydroxylation is 1. The first-order chi connectivity index (χ1) is 15.0. The van der Waals surface area contributed by atoms with Crippen molar-refractivity contribution in [3.8, 4) is 0 Å². The van der Waals surface area contributed by atoms with Crippen LogP contribution in [0.25, 0.3) is 10.9 Å². The maximum absolute atomic E-state index is 12.6. The molecule has 31 heavy (non-hydrogen) atoms. The van der Waals surface area contributed by atoms with Crippen molar-refractivity contribution in [3.05, 3.63) is 30.5 Å². The number of methoxy groups -OCH3 is 1. The molecule has 0 aliphatic heterocycles. The maximum atomic E-state index is 12.6. The first kappa shape index (κ1) is 20.4. The second kappa shape index (κ2) is 8.21. The topological polar surface area (TPSA) is 72.4 Å². The second-order valence-electron chi connectivity index (χ2n) is 10.2. The fourth-order valence-corrected chi connectivity index (χ4v) is 6.92. The molecule has 4 bridgehead atoms. The largest absolute Gasteiger partial charge is 0.469 e. The Bertz CT molecular complexity index is 944. The van der Waals surface area contributed by atoms with Gasteiger partial charge in [-0.3, -0.25) is 4.79 Å². The van der Waals surface area contributed by atoms with Crippen LogP contribution in [0.5, 0.6) is 0 Å². The summed E-state index contributed by atoms with van der Waals surface area (Å²) in [7, 11) is 1.42. The van der Waals surface area contributed by atoms with Gasteiger partial charge in [0.2, 0.25) is 0 Å². The number of hydrogen-bond acceptors (Lipinski definition) is 3. The number of nitrogens with zero attached hydrogens (tertiary/aromatic N) is 1. The molecule has 2 N–H and O–H groups in total. The van der Waals surface area contributed by atoms with Crippen LogP contribution in [0, 0.1) is 23.2 Å². The zero-order valence-electron chi connectivity index (χ0n) is 18.4. The predicted octanol–water partition coefficient (Wildman–Crippen LogP) is 4.93. The highest BCUT2D eigenvalue weighted by Crippen LogP contribution is 2.59. The molecule has 4 aliphatic rings. The van der Waals surface area contributed by atoms with Gasteiger partial charge in [-0.05, 0) is 92.4 Å². The molecule has 1 aromatic carbocycles. The summed E-state index contributed by atoms with van der Waals surface area (Å²) >= 11 is 0. The number of anilines is 1. The van der Waals surface area contributed by atoms with Gasteiger partial charge in [0.1, 0.15) is 0 Å². The summed E-state index contributed by atoms with van der Waals surface area (Å²) in [6.07, 6.45) is 11.4. The summed E-state index contributed by atoms with van der Waals surface area (Å²) in [5, 5.41) is 7.29. The molecule has 0 radical (unpaired) electrons. The standard InChI is InChI=1S/C25H33N3O3/c1-31-23(29)3-2-7-28-8-6-20-12-21(4-5-22(20)28)27-24(30)26-16-25-13-17-9-18(14-25)11-19(10-17)15-25/h4-6,8,12,17-19H,2-3,7,9-11,13-16H2,1H3,(H2,26,27,30). The van der Waals surface area contributed by atoms with Gasteiger partial charge < -0.3 is 19.9 Å². The minimum Gasteiger partial charge on any atom is -0.469 e. The fraction of sp³-hybridized carbons (Fsp3) is 0.600. The summed E-state index contributed by atoms with van der Waals surface area (Å²) in [5.74, 6) is 2.52. The monoisotopic (exact) mass is 423 g/mol. The highest BCUT2D eigenvalue weighted by Gasteiger charge is 2.50. The Morgan fingerprint density at radius 1 is 1.10 bits per heavy atom. The highest BCUT2D eigenvalue weighted by molar-refractivity contribution is 5.93. The molecule has 0 spiro atoms. The van der Waals surface area contributed by atoms with Gasteiger partial charge in [-0.15, -0.1) is 0 Å². The number of carbonyl (C=O) groups is 2. The summed E-state index contributed by atoms with van der Waals surface area (Å²) < 4.78 is 6.84. The SMILES string of the molecule is COC(=O)CCCn1ccc2cc(NC(=O)NCC34CC5CC(CC(C5)C3)C4)ccc21. The number of hydrogen-bond donors (Lipinski definition) is 2. The third-order valence-electron chi connectivity index (χ3n) is 7.83. The van der Waals surface area contributed by atoms with Gasteiger partial charge in [0.25, 0.3) is 0 Å². The lowest BCUT2D eigenvalue weighted by Gasteiger charge is -2.56. The number of ether oxygens (including phenoxy) is 1. The lowest BCUT2D eigenvalue weighted by Crippen LogP contribution is -2.51. The van der Waals surface area contributed by atoms with Crippen molar-refractivity contribution in [2.45, 2.75) is 57.9 Å². The van der Waals surface area contributed by atoms with Gasteiger partial charge >= 0.3 is 12.0 Å². The molecule has 6 heteroatoms. The first-order valence-electron chi connectivity index (χ1n) is 11.7. The van der Waals surface area contributed by atoms with E-state index in [-0.39, 0.29) is 12.0 Å². The van der Waals surface area contributed by atoms with Crippen LogP contribution in [0.4, 0.5) is 10.5 Å². The first-order valence-corrected chi connectivity index (χ1v) is 11.7. The lowest BCUT2D eigenvalue weighted by molar-refractivity contribution is -0.140. The molecule has 2 amide bonds. The van der Waals surface area contributed by atoms with Gasteiger partial charge in [0.05, 0.1) is 7.11 Å². The Morgan fingerprint density at radius 3 is 2.48 bits per heavy atom. The molecule has 0 atom stereocenters. The zero-order valence-corrected chi connectivity index (χ0v) is 18.4. The Kier molecular flexibility index (Phi) is 5.40. The predicted molar refractivity (Wildman–Crippen MR) is 121 cm³/mol. The number of amides is 2. The number of esters is 1. The van der Waals surface area contributed by atoms with Gasteiger partial charge in [-0.2, -0.15) is 0 Å². The molecular formula is C25H33N3O3. The lowest BCUT2D eigenvalue weighted by atomic mass is 9.49. The summed E-state index contributed by atoms with van der Waals surface area (Å²) in [5.41, 5.74) is 2.25. The van der Waals surface area contributed by atoms with Gasteiger partial charge in [0, 0.05) is 42.3 Å². The second-order valence-corrected chi connectivity index (χ2v) is 10.2. The van der Waals surface area contributed by atoms with E-state index >= 15 is 0 Å². The van der Waals surface area contributed by atoms with Crippen LogP contribution in [0.1, 0.15) is 51.4 Å². The van der Waals surface area contributed by atoms with Crippen molar-refractivity contribution < 1.29 is 14.3 Å². The third-order valence-corrected chi connectivity index (χ3v) is 7.83. The molecule has 0 unspecified atom stereocenters. The van der Waals surface area contributed by atoms with Crippen LogP contribution >= 0.6 is 0 Å². The van der Waals surface area contributed by atoms with Crippen LogP contribution in [0.3, 0.4) is 0 Å². The third kappa shape index (κ3) is 4.30. The molecule has 4 fully saturated rings. The van der Waals surface area contributed by atoms with Crippen molar-refractivity contribution in [3.63, 3.8) is 0 Å². The number of fused-ring (bicyclic) bond motifs is 1. The van der Waals surface area contributed by atoms with Crippen molar-refractivity contribution >= 4 is 28.6 Å². The molecule has 166 valence electrons. The molecule has 4 saturated carbocycles. The van der Waals surface area contributed by atoms with Crippen LogP contribution in [-0.4, -0.2) is 30.2 Å². The minimum absolute atomic E-state index is 0.104. The Labute approximate surface area is 183 Å².